The molecule has 3 atom stereocenters. The Hall–Kier alpha value is -0.240. The van der Waals surface area contributed by atoms with Crippen molar-refractivity contribution in [3.05, 3.63) is 0 Å². The minimum absolute atomic E-state index is 0.0144. The fourth-order valence-electron chi connectivity index (χ4n) is 1.23. The van der Waals surface area contributed by atoms with Gasteiger partial charge in [-0.1, -0.05) is 0 Å². The largest absolute Gasteiger partial charge is 0.390 e. The van der Waals surface area contributed by atoms with E-state index < -0.39 is 12.2 Å². The van der Waals surface area contributed by atoms with Crippen LogP contribution in [0.15, 0.2) is 0 Å². The van der Waals surface area contributed by atoms with Crippen molar-refractivity contribution in [3.8, 4) is 0 Å². The SMILES string of the molecule is C[C@H]1CC(O)[C@@H](CON(O)O)O1. The van der Waals surface area contributed by atoms with Gasteiger partial charge < -0.3 is 9.84 Å². The molecule has 0 aromatic rings. The molecule has 1 aliphatic rings. The predicted molar refractivity (Wildman–Crippen MR) is 36.3 cm³/mol. The molecule has 1 rings (SSSR count). The molecule has 1 aliphatic heterocycles. The monoisotopic (exact) mass is 179 g/mol. The van der Waals surface area contributed by atoms with E-state index in [2.05, 4.69) is 4.84 Å². The smallest absolute Gasteiger partial charge is 0.109 e. The summed E-state index contributed by atoms with van der Waals surface area (Å²) in [6, 6.07) is 0. The first kappa shape index (κ1) is 9.85. The van der Waals surface area contributed by atoms with E-state index in [-0.39, 0.29) is 18.1 Å². The third-order valence-electron chi connectivity index (χ3n) is 1.76. The Bertz CT molecular complexity index is 142. The summed E-state index contributed by atoms with van der Waals surface area (Å²) in [5, 5.41) is 25.3. The van der Waals surface area contributed by atoms with Gasteiger partial charge in [0.05, 0.1) is 17.6 Å². The second kappa shape index (κ2) is 4.13. The highest BCUT2D eigenvalue weighted by atomic mass is 17.1. The van der Waals surface area contributed by atoms with Gasteiger partial charge in [-0.25, -0.2) is 4.84 Å². The fourth-order valence-corrected chi connectivity index (χ4v) is 1.23. The molecular formula is C6H13NO5. The van der Waals surface area contributed by atoms with Gasteiger partial charge in [-0.15, -0.1) is 0 Å². The van der Waals surface area contributed by atoms with Gasteiger partial charge in [0.15, 0.2) is 0 Å². The van der Waals surface area contributed by atoms with Crippen LogP contribution in [0.25, 0.3) is 0 Å². The minimum atomic E-state index is -0.597. The Kier molecular flexibility index (Phi) is 3.39. The van der Waals surface area contributed by atoms with Crippen LogP contribution in [0, 0.1) is 0 Å². The van der Waals surface area contributed by atoms with E-state index in [0.29, 0.717) is 6.42 Å². The lowest BCUT2D eigenvalue weighted by Gasteiger charge is -2.14. The molecule has 0 aliphatic carbocycles. The highest BCUT2D eigenvalue weighted by Crippen LogP contribution is 2.19. The standard InChI is InChI=1S/C6H13NO5/c1-4-2-5(8)6(12-4)3-11-7(9)10/h4-6,8-10H,2-3H2,1H3/t4-,5?,6+/m0/s1. The lowest BCUT2D eigenvalue weighted by molar-refractivity contribution is -0.495. The first-order chi connectivity index (χ1) is 5.59. The highest BCUT2D eigenvalue weighted by Gasteiger charge is 2.31. The van der Waals surface area contributed by atoms with Gasteiger partial charge in [-0.05, 0) is 6.92 Å². The predicted octanol–water partition coefficient (Wildman–Crippen LogP) is -0.463. The van der Waals surface area contributed by atoms with Gasteiger partial charge >= 0.3 is 0 Å². The lowest BCUT2D eigenvalue weighted by atomic mass is 10.1. The number of hydrogen-bond donors (Lipinski definition) is 3. The molecule has 6 heteroatoms. The van der Waals surface area contributed by atoms with Gasteiger partial charge in [0.2, 0.25) is 0 Å². The summed E-state index contributed by atoms with van der Waals surface area (Å²) in [5.74, 6) is 0. The van der Waals surface area contributed by atoms with Crippen molar-refractivity contribution in [2.75, 3.05) is 6.61 Å². The number of aliphatic hydroxyl groups is 1. The molecule has 1 unspecified atom stereocenters. The normalized spacial score (nSPS) is 36.2. The molecule has 1 heterocycles. The first-order valence-corrected chi connectivity index (χ1v) is 3.74. The molecule has 0 spiro atoms. The van der Waals surface area contributed by atoms with Crippen molar-refractivity contribution < 1.29 is 25.1 Å². The van der Waals surface area contributed by atoms with E-state index in [9.17, 15) is 5.11 Å². The maximum atomic E-state index is 9.29. The summed E-state index contributed by atoms with van der Waals surface area (Å²) in [5.41, 5.74) is 0. The van der Waals surface area contributed by atoms with Crippen LogP contribution in [0.2, 0.25) is 0 Å². The first-order valence-electron chi connectivity index (χ1n) is 3.74. The summed E-state index contributed by atoms with van der Waals surface area (Å²) in [6.45, 7) is 1.76. The summed E-state index contributed by atoms with van der Waals surface area (Å²) in [4.78, 5) is 4.30. The van der Waals surface area contributed by atoms with Crippen LogP contribution in [0.5, 0.6) is 0 Å². The Morgan fingerprint density at radius 3 is 2.67 bits per heavy atom. The Morgan fingerprint density at radius 2 is 2.25 bits per heavy atom. The minimum Gasteiger partial charge on any atom is -0.390 e. The Morgan fingerprint density at radius 1 is 1.58 bits per heavy atom. The molecule has 1 fully saturated rings. The fraction of sp³-hybridized carbons (Fsp3) is 1.00. The van der Waals surface area contributed by atoms with Crippen LogP contribution in [0.1, 0.15) is 13.3 Å². The van der Waals surface area contributed by atoms with Crippen molar-refractivity contribution in [3.63, 3.8) is 0 Å². The molecule has 0 radical (unpaired) electrons. The summed E-state index contributed by atoms with van der Waals surface area (Å²) in [6.07, 6.45) is -0.550. The Labute approximate surface area is 69.8 Å². The van der Waals surface area contributed by atoms with Crippen LogP contribution in [0.3, 0.4) is 0 Å². The Balaban J connectivity index is 2.23. The number of hydrogen-bond acceptors (Lipinski definition) is 6. The molecule has 3 N–H and O–H groups in total. The van der Waals surface area contributed by atoms with Gasteiger partial charge in [0, 0.05) is 6.42 Å². The van der Waals surface area contributed by atoms with Crippen molar-refractivity contribution in [2.45, 2.75) is 31.7 Å². The van der Waals surface area contributed by atoms with Crippen molar-refractivity contribution in [1.82, 2.24) is 5.39 Å². The molecule has 0 amide bonds. The zero-order valence-corrected chi connectivity index (χ0v) is 6.75. The molecule has 12 heavy (non-hydrogen) atoms. The van der Waals surface area contributed by atoms with E-state index in [1.165, 1.54) is 0 Å². The number of ether oxygens (including phenoxy) is 1. The molecule has 0 aromatic carbocycles. The zero-order valence-electron chi connectivity index (χ0n) is 6.75. The van der Waals surface area contributed by atoms with Crippen LogP contribution in [-0.4, -0.2) is 45.8 Å². The second-order valence-corrected chi connectivity index (χ2v) is 2.84. The van der Waals surface area contributed by atoms with E-state index in [1.807, 2.05) is 6.92 Å². The number of nitrogens with zero attached hydrogens (tertiary/aromatic N) is 1. The highest BCUT2D eigenvalue weighted by molar-refractivity contribution is 4.79. The lowest BCUT2D eigenvalue weighted by Crippen LogP contribution is -2.30. The maximum Gasteiger partial charge on any atom is 0.109 e. The molecule has 0 bridgehead atoms. The van der Waals surface area contributed by atoms with Gasteiger partial charge in [0.1, 0.15) is 12.7 Å². The maximum absolute atomic E-state index is 9.29. The van der Waals surface area contributed by atoms with Gasteiger partial charge in [0.25, 0.3) is 0 Å². The quantitative estimate of drug-likeness (QED) is 0.508. The van der Waals surface area contributed by atoms with Gasteiger partial charge in [-0.2, -0.15) is 0 Å². The van der Waals surface area contributed by atoms with E-state index in [1.54, 1.807) is 0 Å². The van der Waals surface area contributed by atoms with E-state index in [4.69, 9.17) is 15.2 Å². The second-order valence-electron chi connectivity index (χ2n) is 2.84. The summed E-state index contributed by atoms with van der Waals surface area (Å²) >= 11 is 0. The molecule has 72 valence electrons. The van der Waals surface area contributed by atoms with Crippen LogP contribution in [0.4, 0.5) is 0 Å². The molecule has 1 saturated heterocycles. The third kappa shape index (κ3) is 2.67. The van der Waals surface area contributed by atoms with Crippen molar-refractivity contribution in [1.29, 1.82) is 0 Å². The molecule has 6 nitrogen and oxygen atoms in total. The van der Waals surface area contributed by atoms with Gasteiger partial charge in [-0.3, -0.25) is 10.4 Å². The van der Waals surface area contributed by atoms with E-state index in [0.717, 1.165) is 0 Å². The average molecular weight is 179 g/mol. The zero-order chi connectivity index (χ0) is 9.14. The summed E-state index contributed by atoms with van der Waals surface area (Å²) < 4.78 is 5.20. The third-order valence-corrected chi connectivity index (χ3v) is 1.76. The number of aliphatic hydroxyl groups excluding tert-OH is 1. The summed E-state index contributed by atoms with van der Waals surface area (Å²) in [7, 11) is 0. The van der Waals surface area contributed by atoms with Crippen LogP contribution < -0.4 is 0 Å². The molecule has 0 aromatic heterocycles. The number of rotatable bonds is 3. The molecular weight excluding hydrogens is 166 g/mol. The van der Waals surface area contributed by atoms with Crippen LogP contribution in [-0.2, 0) is 9.57 Å². The van der Waals surface area contributed by atoms with Crippen molar-refractivity contribution >= 4 is 0 Å². The van der Waals surface area contributed by atoms with Crippen molar-refractivity contribution in [2.24, 2.45) is 0 Å². The molecule has 0 saturated carbocycles. The average Bonchev–Trinajstić information content (AvgIpc) is 2.26. The van der Waals surface area contributed by atoms with Crippen LogP contribution >= 0.6 is 0 Å². The van der Waals surface area contributed by atoms with E-state index >= 15 is 0 Å². The topological polar surface area (TPSA) is 82.4 Å².